The third-order valence-electron chi connectivity index (χ3n) is 3.45. The van der Waals surface area contributed by atoms with Gasteiger partial charge in [-0.15, -0.1) is 0 Å². The van der Waals surface area contributed by atoms with Gasteiger partial charge < -0.3 is 10.3 Å². The van der Waals surface area contributed by atoms with Crippen LogP contribution in [0.3, 0.4) is 0 Å². The molecule has 0 aliphatic rings. The van der Waals surface area contributed by atoms with Gasteiger partial charge in [0, 0.05) is 18.0 Å². The van der Waals surface area contributed by atoms with Crippen LogP contribution in [0.4, 0.5) is 5.82 Å². The van der Waals surface area contributed by atoms with E-state index in [-0.39, 0.29) is 24.3 Å². The molecule has 0 aliphatic heterocycles. The maximum absolute atomic E-state index is 12.0. The molecule has 0 spiro atoms. The minimum atomic E-state index is -0.327. The molecule has 0 aliphatic carbocycles. The number of amides is 2. The van der Waals surface area contributed by atoms with Gasteiger partial charge in [-0.05, 0) is 19.1 Å². The minimum Gasteiger partial charge on any atom is -0.349 e. The van der Waals surface area contributed by atoms with Crippen LogP contribution in [-0.4, -0.2) is 37.8 Å². The molecule has 1 unspecified atom stereocenters. The molecule has 1 aromatic carbocycles. The van der Waals surface area contributed by atoms with E-state index >= 15 is 0 Å². The molecule has 4 N–H and O–H groups in total. The normalized spacial score (nSPS) is 11.7. The van der Waals surface area contributed by atoms with Crippen molar-refractivity contribution in [2.75, 3.05) is 5.43 Å². The number of hydrazine groups is 1. The quantitative estimate of drug-likeness (QED) is 0.497. The average Bonchev–Trinajstić information content (AvgIpc) is 3.09. The monoisotopic (exact) mass is 339 g/mol. The molecule has 0 saturated heterocycles. The third kappa shape index (κ3) is 4.08. The van der Waals surface area contributed by atoms with Gasteiger partial charge in [0.15, 0.2) is 11.5 Å². The number of nitrogens with one attached hydrogen (secondary N) is 4. The number of fused-ring (bicyclic) bond motifs is 1. The second-order valence-electron chi connectivity index (χ2n) is 5.44. The van der Waals surface area contributed by atoms with Gasteiger partial charge in [0.2, 0.25) is 5.91 Å². The maximum atomic E-state index is 12.0. The molecule has 25 heavy (non-hydrogen) atoms. The molecular formula is C16H17N7O2. The number of nitrogens with zero attached hydrogens (tertiary/aromatic N) is 3. The predicted octanol–water partition coefficient (Wildman–Crippen LogP) is 1.00. The molecular weight excluding hydrogens is 322 g/mol. The highest BCUT2D eigenvalue weighted by molar-refractivity contribution is 5.94. The predicted molar refractivity (Wildman–Crippen MR) is 91.4 cm³/mol. The zero-order chi connectivity index (χ0) is 17.6. The van der Waals surface area contributed by atoms with E-state index in [0.29, 0.717) is 22.5 Å². The van der Waals surface area contributed by atoms with Gasteiger partial charge in [0.1, 0.15) is 11.8 Å². The second kappa shape index (κ2) is 7.39. The van der Waals surface area contributed by atoms with Crippen molar-refractivity contribution in [2.24, 2.45) is 0 Å². The summed E-state index contributed by atoms with van der Waals surface area (Å²) >= 11 is 0. The first-order valence-corrected chi connectivity index (χ1v) is 7.68. The lowest BCUT2D eigenvalue weighted by Crippen LogP contribution is -2.39. The highest BCUT2D eigenvalue weighted by Crippen LogP contribution is 2.13. The fourth-order valence-electron chi connectivity index (χ4n) is 2.27. The number of benzene rings is 1. The molecule has 128 valence electrons. The zero-order valence-corrected chi connectivity index (χ0v) is 13.5. The van der Waals surface area contributed by atoms with Crippen LogP contribution in [0, 0.1) is 0 Å². The molecule has 3 rings (SSSR count). The Bertz CT molecular complexity index is 878. The molecule has 0 saturated carbocycles. The van der Waals surface area contributed by atoms with Gasteiger partial charge >= 0.3 is 0 Å². The van der Waals surface area contributed by atoms with Crippen molar-refractivity contribution in [2.45, 2.75) is 19.4 Å². The van der Waals surface area contributed by atoms with Crippen LogP contribution in [0.25, 0.3) is 11.2 Å². The van der Waals surface area contributed by atoms with E-state index in [2.05, 4.69) is 36.1 Å². The van der Waals surface area contributed by atoms with E-state index in [4.69, 9.17) is 0 Å². The van der Waals surface area contributed by atoms with Gasteiger partial charge in [0.25, 0.3) is 5.91 Å². The summed E-state index contributed by atoms with van der Waals surface area (Å²) in [5.41, 5.74) is 6.91. The summed E-state index contributed by atoms with van der Waals surface area (Å²) in [4.78, 5) is 39.0. The number of aromatic amines is 1. The van der Waals surface area contributed by atoms with Gasteiger partial charge in [0.05, 0.1) is 6.33 Å². The molecule has 3 aromatic rings. The molecule has 2 amide bonds. The highest BCUT2D eigenvalue weighted by Gasteiger charge is 2.13. The van der Waals surface area contributed by atoms with E-state index in [0.717, 1.165) is 0 Å². The zero-order valence-electron chi connectivity index (χ0n) is 13.5. The van der Waals surface area contributed by atoms with E-state index < -0.39 is 0 Å². The maximum Gasteiger partial charge on any atom is 0.251 e. The van der Waals surface area contributed by atoms with Crippen molar-refractivity contribution in [3.8, 4) is 0 Å². The largest absolute Gasteiger partial charge is 0.349 e. The first-order chi connectivity index (χ1) is 12.1. The van der Waals surface area contributed by atoms with E-state index in [1.807, 2.05) is 6.07 Å². The lowest BCUT2D eigenvalue weighted by Gasteiger charge is -2.14. The first-order valence-electron chi connectivity index (χ1n) is 7.68. The Morgan fingerprint density at radius 3 is 2.76 bits per heavy atom. The first kappa shape index (κ1) is 16.4. The van der Waals surface area contributed by atoms with Crippen molar-refractivity contribution < 1.29 is 9.59 Å². The number of H-pyrrole nitrogens is 1. The van der Waals surface area contributed by atoms with Gasteiger partial charge in [-0.25, -0.2) is 15.0 Å². The highest BCUT2D eigenvalue weighted by atomic mass is 16.2. The Hall–Kier alpha value is -3.49. The van der Waals surface area contributed by atoms with Crippen molar-refractivity contribution in [3.05, 3.63) is 48.5 Å². The molecule has 0 bridgehead atoms. The molecule has 9 heteroatoms. The molecule has 0 fully saturated rings. The summed E-state index contributed by atoms with van der Waals surface area (Å²) in [6.07, 6.45) is 2.96. The summed E-state index contributed by atoms with van der Waals surface area (Å²) in [6.45, 7) is 1.76. The number of carbonyl (C=O) groups is 2. The summed E-state index contributed by atoms with van der Waals surface area (Å²) in [6, 6.07) is 8.51. The second-order valence-corrected chi connectivity index (χ2v) is 5.44. The fraction of sp³-hybridized carbons (Fsp3) is 0.188. The summed E-state index contributed by atoms with van der Waals surface area (Å²) < 4.78 is 0. The van der Waals surface area contributed by atoms with Gasteiger partial charge in [-0.3, -0.25) is 20.4 Å². The number of hydrogen-bond acceptors (Lipinski definition) is 6. The Kier molecular flexibility index (Phi) is 4.84. The molecule has 9 nitrogen and oxygen atoms in total. The van der Waals surface area contributed by atoms with Crippen LogP contribution >= 0.6 is 0 Å². The summed E-state index contributed by atoms with van der Waals surface area (Å²) in [7, 11) is 0. The van der Waals surface area contributed by atoms with Crippen molar-refractivity contribution >= 4 is 28.8 Å². The van der Waals surface area contributed by atoms with Crippen LogP contribution in [-0.2, 0) is 4.79 Å². The van der Waals surface area contributed by atoms with Crippen LogP contribution in [0.1, 0.15) is 23.7 Å². The van der Waals surface area contributed by atoms with Gasteiger partial charge in [-0.1, -0.05) is 18.2 Å². The smallest absolute Gasteiger partial charge is 0.251 e. The van der Waals surface area contributed by atoms with E-state index in [9.17, 15) is 9.59 Å². The number of anilines is 1. The van der Waals surface area contributed by atoms with Crippen LogP contribution in [0.2, 0.25) is 0 Å². The molecule has 1 atom stereocenters. The number of hydrogen-bond donors (Lipinski definition) is 4. The van der Waals surface area contributed by atoms with Crippen LogP contribution < -0.4 is 16.2 Å². The van der Waals surface area contributed by atoms with Crippen molar-refractivity contribution in [1.29, 1.82) is 0 Å². The van der Waals surface area contributed by atoms with Gasteiger partial charge in [-0.2, -0.15) is 0 Å². The summed E-state index contributed by atoms with van der Waals surface area (Å²) in [5, 5.41) is 2.78. The van der Waals surface area contributed by atoms with Crippen molar-refractivity contribution in [3.63, 3.8) is 0 Å². The van der Waals surface area contributed by atoms with E-state index in [1.54, 1.807) is 31.2 Å². The van der Waals surface area contributed by atoms with Crippen LogP contribution in [0.15, 0.2) is 43.0 Å². The number of imidazole rings is 1. The lowest BCUT2D eigenvalue weighted by molar-refractivity contribution is -0.120. The van der Waals surface area contributed by atoms with Crippen LogP contribution in [0.5, 0.6) is 0 Å². The molecule has 0 radical (unpaired) electrons. The Morgan fingerprint density at radius 2 is 1.96 bits per heavy atom. The number of aromatic nitrogens is 4. The molecule has 2 aromatic heterocycles. The summed E-state index contributed by atoms with van der Waals surface area (Å²) in [5.74, 6) is -0.0900. The molecule has 2 heterocycles. The number of carbonyl (C=O) groups excluding carboxylic acids is 2. The Balaban J connectivity index is 1.50. The topological polar surface area (TPSA) is 125 Å². The standard InChI is InChI=1S/C16H17N7O2/c1-10(21-16(25)11-5-3-2-4-6-11)7-12(24)22-23-15-13-14(18-8-17-13)19-9-20-15/h2-6,8-10H,7H2,1H3,(H,21,25)(H,22,24)(H2,17,18,19,20,23). The third-order valence-corrected chi connectivity index (χ3v) is 3.45. The average molecular weight is 339 g/mol. The minimum absolute atomic E-state index is 0.114. The lowest BCUT2D eigenvalue weighted by atomic mass is 10.2. The van der Waals surface area contributed by atoms with E-state index in [1.165, 1.54) is 12.7 Å². The Labute approximate surface area is 143 Å². The number of rotatable bonds is 6. The Morgan fingerprint density at radius 1 is 1.16 bits per heavy atom. The fourth-order valence-corrected chi connectivity index (χ4v) is 2.27. The van der Waals surface area contributed by atoms with Crippen molar-refractivity contribution in [1.82, 2.24) is 30.7 Å². The SMILES string of the molecule is CC(CC(=O)NNc1ncnc2nc[nH]c12)NC(=O)c1ccccc1.